The van der Waals surface area contributed by atoms with Crippen LogP contribution in [0.3, 0.4) is 0 Å². The normalized spacial score (nSPS) is 13.8. The summed E-state index contributed by atoms with van der Waals surface area (Å²) in [6, 6.07) is 67.7. The molecule has 0 aliphatic carbocycles. The van der Waals surface area contributed by atoms with Crippen molar-refractivity contribution in [2.24, 2.45) is 0 Å². The third-order valence-electron chi connectivity index (χ3n) is 11.7. The lowest BCUT2D eigenvalue weighted by atomic mass is 9.29. The lowest BCUT2D eigenvalue weighted by molar-refractivity contribution is 1.23. The van der Waals surface area contributed by atoms with Crippen LogP contribution in [-0.4, -0.2) is 13.4 Å². The predicted molar refractivity (Wildman–Crippen MR) is 227 cm³/mol. The van der Waals surface area contributed by atoms with Crippen molar-refractivity contribution in [3.05, 3.63) is 182 Å². The molecule has 8 aromatic rings. The zero-order chi connectivity index (χ0) is 34.6. The van der Waals surface area contributed by atoms with E-state index in [1.807, 2.05) is 11.8 Å². The molecule has 53 heavy (non-hydrogen) atoms. The second-order valence-corrected chi connectivity index (χ2v) is 15.5. The van der Waals surface area contributed by atoms with Gasteiger partial charge in [-0.1, -0.05) is 157 Å². The predicted octanol–water partition coefficient (Wildman–Crippen LogP) is 8.40. The fraction of sp³-hybridized carbons (Fsp3) is 0. The lowest BCUT2D eigenvalue weighted by Crippen LogP contribution is -2.68. The zero-order valence-electron chi connectivity index (χ0n) is 28.8. The van der Waals surface area contributed by atoms with Crippen molar-refractivity contribution in [3.8, 4) is 22.3 Å². The van der Waals surface area contributed by atoms with Gasteiger partial charge in [0.2, 0.25) is 6.71 Å². The number of hydrogen-bond acceptors (Lipinski definition) is 3. The lowest BCUT2D eigenvalue weighted by Gasteiger charge is -2.49. The zero-order valence-corrected chi connectivity index (χ0v) is 29.6. The minimum Gasteiger partial charge on any atom is -0.312 e. The van der Waals surface area contributed by atoms with Crippen molar-refractivity contribution >= 4 is 92.1 Å². The number of benzene rings is 8. The maximum Gasteiger partial charge on any atom is 0.252 e. The van der Waals surface area contributed by atoms with Gasteiger partial charge in [-0.3, -0.25) is 0 Å². The summed E-state index contributed by atoms with van der Waals surface area (Å²) < 4.78 is 0. The molecule has 8 aromatic carbocycles. The highest BCUT2D eigenvalue weighted by molar-refractivity contribution is 8.00. The number of para-hydroxylation sites is 3. The molecule has 4 aliphatic rings. The summed E-state index contributed by atoms with van der Waals surface area (Å²) in [7, 11) is 0. The first-order chi connectivity index (χ1) is 26.3. The quantitative estimate of drug-likeness (QED) is 0.172. The topological polar surface area (TPSA) is 6.48 Å². The Kier molecular flexibility index (Phi) is 6.20. The Morgan fingerprint density at radius 3 is 1.53 bits per heavy atom. The van der Waals surface area contributed by atoms with Gasteiger partial charge in [0.1, 0.15) is 0 Å². The van der Waals surface area contributed by atoms with Gasteiger partial charge in [0, 0.05) is 43.8 Å². The van der Waals surface area contributed by atoms with E-state index in [0.29, 0.717) is 0 Å². The molecule has 4 aliphatic heterocycles. The number of fused-ring (bicyclic) bond motifs is 10. The highest BCUT2D eigenvalue weighted by Gasteiger charge is 2.50. The van der Waals surface area contributed by atoms with Crippen LogP contribution in [0.15, 0.2) is 192 Å². The van der Waals surface area contributed by atoms with Crippen molar-refractivity contribution in [3.63, 3.8) is 0 Å². The van der Waals surface area contributed by atoms with Gasteiger partial charge in [0.25, 0.3) is 6.71 Å². The van der Waals surface area contributed by atoms with Crippen LogP contribution in [0.2, 0.25) is 0 Å². The number of hydrogen-bond donors (Lipinski definition) is 0. The van der Waals surface area contributed by atoms with E-state index in [4.69, 9.17) is 0 Å². The van der Waals surface area contributed by atoms with Crippen LogP contribution >= 0.6 is 11.8 Å². The molecule has 0 N–H and O–H groups in total. The molecule has 244 valence electrons. The first-order valence-corrected chi connectivity index (χ1v) is 19.2. The van der Waals surface area contributed by atoms with Crippen molar-refractivity contribution < 1.29 is 0 Å². The van der Waals surface area contributed by atoms with Crippen molar-refractivity contribution in [2.75, 3.05) is 9.80 Å². The second kappa shape index (κ2) is 11.2. The second-order valence-electron chi connectivity index (χ2n) is 14.4. The molecule has 0 fully saturated rings. The molecule has 0 radical (unpaired) electrons. The molecule has 0 atom stereocenters. The SMILES string of the molecule is c1ccc(-c2ccc(N3c4ccccc4B4c5ccccc5N5c6ccccc6B6c7ccccc7Sc7cc3c4c5c76)c(-c3ccccc3)c2)cc1. The average molecular weight is 688 g/mol. The van der Waals surface area contributed by atoms with Crippen LogP contribution in [0.4, 0.5) is 34.1 Å². The van der Waals surface area contributed by atoms with E-state index in [2.05, 4.69) is 192 Å². The Morgan fingerprint density at radius 2 is 0.868 bits per heavy atom. The molecule has 0 bridgehead atoms. The van der Waals surface area contributed by atoms with Gasteiger partial charge < -0.3 is 9.80 Å². The Morgan fingerprint density at radius 1 is 0.340 bits per heavy atom. The third-order valence-corrected chi connectivity index (χ3v) is 12.9. The van der Waals surface area contributed by atoms with E-state index in [1.165, 1.54) is 98.9 Å². The molecule has 0 saturated heterocycles. The first kappa shape index (κ1) is 29.4. The van der Waals surface area contributed by atoms with E-state index in [1.54, 1.807) is 0 Å². The molecular weight excluding hydrogens is 658 g/mol. The van der Waals surface area contributed by atoms with Gasteiger partial charge in [-0.05, 0) is 86.5 Å². The van der Waals surface area contributed by atoms with E-state index < -0.39 is 0 Å². The van der Waals surface area contributed by atoms with Crippen molar-refractivity contribution in [1.29, 1.82) is 0 Å². The van der Waals surface area contributed by atoms with Gasteiger partial charge in [0.05, 0.1) is 5.69 Å². The maximum absolute atomic E-state index is 2.60. The summed E-state index contributed by atoms with van der Waals surface area (Å²) in [5, 5.41) is 0. The number of anilines is 6. The molecule has 0 unspecified atom stereocenters. The molecule has 0 spiro atoms. The van der Waals surface area contributed by atoms with Gasteiger partial charge in [-0.25, -0.2) is 0 Å². The van der Waals surface area contributed by atoms with Crippen LogP contribution in [-0.2, 0) is 0 Å². The van der Waals surface area contributed by atoms with E-state index >= 15 is 0 Å². The minimum atomic E-state index is 0.0991. The van der Waals surface area contributed by atoms with Crippen LogP contribution in [0.1, 0.15) is 0 Å². The van der Waals surface area contributed by atoms with Crippen LogP contribution in [0, 0.1) is 0 Å². The fourth-order valence-electron chi connectivity index (χ4n) is 9.58. The summed E-state index contributed by atoms with van der Waals surface area (Å²) in [6.07, 6.45) is 0. The Labute approximate surface area is 314 Å². The number of nitrogens with zero attached hydrogens (tertiary/aromatic N) is 2. The first-order valence-electron chi connectivity index (χ1n) is 18.4. The molecule has 2 nitrogen and oxygen atoms in total. The van der Waals surface area contributed by atoms with Gasteiger partial charge >= 0.3 is 0 Å². The van der Waals surface area contributed by atoms with Gasteiger partial charge in [0.15, 0.2) is 0 Å². The summed E-state index contributed by atoms with van der Waals surface area (Å²) in [6.45, 7) is 0.263. The molecule has 0 saturated carbocycles. The van der Waals surface area contributed by atoms with E-state index in [0.717, 1.165) is 0 Å². The summed E-state index contributed by atoms with van der Waals surface area (Å²) in [5.74, 6) is 0. The Hall–Kier alpha value is -6.16. The monoisotopic (exact) mass is 688 g/mol. The smallest absolute Gasteiger partial charge is 0.252 e. The number of rotatable bonds is 3. The van der Waals surface area contributed by atoms with Gasteiger partial charge in [-0.2, -0.15) is 0 Å². The Balaban J connectivity index is 1.20. The van der Waals surface area contributed by atoms with Crippen LogP contribution in [0.5, 0.6) is 0 Å². The minimum absolute atomic E-state index is 0.0991. The molecular formula is C48H30B2N2S. The van der Waals surface area contributed by atoms with Gasteiger partial charge in [-0.15, -0.1) is 0 Å². The maximum atomic E-state index is 2.60. The highest BCUT2D eigenvalue weighted by atomic mass is 32.2. The summed E-state index contributed by atoms with van der Waals surface area (Å²) in [5.41, 5.74) is 20.7. The molecule has 12 rings (SSSR count). The third kappa shape index (κ3) is 4.09. The molecule has 4 heterocycles. The van der Waals surface area contributed by atoms with E-state index in [9.17, 15) is 0 Å². The average Bonchev–Trinajstić information content (AvgIpc) is 3.23. The highest BCUT2D eigenvalue weighted by Crippen LogP contribution is 2.50. The summed E-state index contributed by atoms with van der Waals surface area (Å²) >= 11 is 1.93. The summed E-state index contributed by atoms with van der Waals surface area (Å²) in [4.78, 5) is 7.87. The Bertz CT molecular complexity index is 2790. The van der Waals surface area contributed by atoms with Crippen LogP contribution in [0.25, 0.3) is 22.3 Å². The largest absolute Gasteiger partial charge is 0.312 e. The van der Waals surface area contributed by atoms with E-state index in [-0.39, 0.29) is 13.4 Å². The standard InChI is InChI=1S/C48H30B2N2S/c1-3-15-31(16-4-1)33-27-28-39(34(29-33)32-17-5-2-6-18-32)51-40-23-11-7-19-35(40)49-36-20-8-12-24-41(36)52-42-25-13-9-21-37(42)50-38-22-10-14-26-44(38)53-45-30-43(51)46(49)48(52)47(45)50/h1-30H. The van der Waals surface area contributed by atoms with Crippen LogP contribution < -0.4 is 42.6 Å². The molecule has 5 heteroatoms. The molecule has 0 aromatic heterocycles. The van der Waals surface area contributed by atoms with Crippen molar-refractivity contribution in [1.82, 2.24) is 0 Å². The fourth-order valence-corrected chi connectivity index (χ4v) is 10.8. The van der Waals surface area contributed by atoms with Crippen molar-refractivity contribution in [2.45, 2.75) is 9.79 Å². The molecule has 0 amide bonds.